The van der Waals surface area contributed by atoms with Gasteiger partial charge in [0.15, 0.2) is 0 Å². The molecule has 0 aliphatic carbocycles. The van der Waals surface area contributed by atoms with E-state index < -0.39 is 0 Å². The Hall–Kier alpha value is -1.16. The Morgan fingerprint density at radius 2 is 2.18 bits per heavy atom. The van der Waals surface area contributed by atoms with Crippen LogP contribution in [-0.4, -0.2) is 31.5 Å². The number of hydrogen-bond donors (Lipinski definition) is 2. The molecule has 0 atom stereocenters. The number of nitrogens with one attached hydrogen (secondary N) is 2. The predicted octanol–water partition coefficient (Wildman–Crippen LogP) is 2.52. The maximum absolute atomic E-state index is 11.5. The molecule has 2 N–H and O–H groups in total. The predicted molar refractivity (Wildman–Crippen MR) is 76.1 cm³/mol. The fourth-order valence-electron chi connectivity index (χ4n) is 1.54. The highest BCUT2D eigenvalue weighted by Gasteiger charge is 2.05. The maximum Gasteiger partial charge on any atom is 0.251 e. The van der Waals surface area contributed by atoms with E-state index >= 15 is 0 Å². The molecular weight excluding hydrogens is 232 g/mol. The van der Waals surface area contributed by atoms with E-state index in [4.69, 9.17) is 0 Å². The van der Waals surface area contributed by atoms with E-state index in [2.05, 4.69) is 16.9 Å². The Labute approximate surface area is 107 Å². The first kappa shape index (κ1) is 13.9. The zero-order chi connectivity index (χ0) is 12.7. The number of benzene rings is 1. The van der Waals surface area contributed by atoms with Gasteiger partial charge in [-0.1, -0.05) is 6.07 Å². The monoisotopic (exact) mass is 252 g/mol. The molecule has 0 aliphatic rings. The van der Waals surface area contributed by atoms with Crippen LogP contribution < -0.4 is 10.6 Å². The standard InChI is InChI=1S/C13H20N2OS/c1-10-5-6-11(13(16)14-2)9-12(10)15-7-4-8-17-3/h5-6,9,15H,4,7-8H2,1-3H3,(H,14,16). The molecule has 4 heteroatoms. The van der Waals surface area contributed by atoms with Crippen molar-refractivity contribution in [2.75, 3.05) is 30.9 Å². The van der Waals surface area contributed by atoms with Crippen LogP contribution in [0.3, 0.4) is 0 Å². The Morgan fingerprint density at radius 3 is 2.82 bits per heavy atom. The van der Waals surface area contributed by atoms with Crippen molar-refractivity contribution in [2.24, 2.45) is 0 Å². The van der Waals surface area contributed by atoms with Gasteiger partial charge in [0.2, 0.25) is 0 Å². The van der Waals surface area contributed by atoms with Gasteiger partial charge in [-0.3, -0.25) is 4.79 Å². The van der Waals surface area contributed by atoms with E-state index in [1.54, 1.807) is 7.05 Å². The average Bonchev–Trinajstić information content (AvgIpc) is 2.35. The van der Waals surface area contributed by atoms with Crippen molar-refractivity contribution < 1.29 is 4.79 Å². The van der Waals surface area contributed by atoms with E-state index in [0.717, 1.165) is 24.4 Å². The first-order valence-electron chi connectivity index (χ1n) is 5.74. The molecule has 0 fully saturated rings. The molecule has 0 aliphatic heterocycles. The van der Waals surface area contributed by atoms with Crippen LogP contribution in [0, 0.1) is 6.92 Å². The number of hydrogen-bond acceptors (Lipinski definition) is 3. The van der Waals surface area contributed by atoms with E-state index in [1.807, 2.05) is 36.9 Å². The van der Waals surface area contributed by atoms with Crippen LogP contribution in [-0.2, 0) is 0 Å². The summed E-state index contributed by atoms with van der Waals surface area (Å²) in [6, 6.07) is 5.73. The summed E-state index contributed by atoms with van der Waals surface area (Å²) in [7, 11) is 1.65. The van der Waals surface area contributed by atoms with Gasteiger partial charge < -0.3 is 10.6 Å². The van der Waals surface area contributed by atoms with Crippen molar-refractivity contribution in [3.05, 3.63) is 29.3 Å². The van der Waals surface area contributed by atoms with Crippen molar-refractivity contribution in [3.63, 3.8) is 0 Å². The molecule has 1 aromatic rings. The largest absolute Gasteiger partial charge is 0.385 e. The van der Waals surface area contributed by atoms with Gasteiger partial charge in [-0.15, -0.1) is 0 Å². The third-order valence-corrected chi connectivity index (χ3v) is 3.26. The number of aryl methyl sites for hydroxylation is 1. The molecule has 0 spiro atoms. The fraction of sp³-hybridized carbons (Fsp3) is 0.462. The minimum atomic E-state index is -0.0443. The van der Waals surface area contributed by atoms with E-state index in [1.165, 1.54) is 5.56 Å². The summed E-state index contributed by atoms with van der Waals surface area (Å²) in [5.74, 6) is 1.11. The number of thioether (sulfide) groups is 1. The van der Waals surface area contributed by atoms with E-state index in [-0.39, 0.29) is 5.91 Å². The molecule has 0 aromatic heterocycles. The number of anilines is 1. The van der Waals surface area contributed by atoms with Crippen molar-refractivity contribution >= 4 is 23.4 Å². The van der Waals surface area contributed by atoms with Crippen LogP contribution in [0.4, 0.5) is 5.69 Å². The van der Waals surface area contributed by atoms with Crippen molar-refractivity contribution in [3.8, 4) is 0 Å². The van der Waals surface area contributed by atoms with Crippen molar-refractivity contribution in [2.45, 2.75) is 13.3 Å². The molecule has 0 unspecified atom stereocenters. The first-order chi connectivity index (χ1) is 8.19. The van der Waals surface area contributed by atoms with Crippen LogP contribution in [0.25, 0.3) is 0 Å². The molecule has 17 heavy (non-hydrogen) atoms. The number of rotatable bonds is 6. The normalized spacial score (nSPS) is 10.1. The topological polar surface area (TPSA) is 41.1 Å². The van der Waals surface area contributed by atoms with E-state index in [9.17, 15) is 4.79 Å². The SMILES string of the molecule is CNC(=O)c1ccc(C)c(NCCCSC)c1. The Balaban J connectivity index is 2.66. The van der Waals surface area contributed by atoms with Gasteiger partial charge in [-0.2, -0.15) is 11.8 Å². The lowest BCUT2D eigenvalue weighted by atomic mass is 10.1. The second-order valence-corrected chi connectivity index (χ2v) is 4.87. The lowest BCUT2D eigenvalue weighted by Gasteiger charge is -2.10. The van der Waals surface area contributed by atoms with Gasteiger partial charge >= 0.3 is 0 Å². The highest BCUT2D eigenvalue weighted by atomic mass is 32.2. The lowest BCUT2D eigenvalue weighted by molar-refractivity contribution is 0.0963. The summed E-state index contributed by atoms with van der Waals surface area (Å²) in [6.45, 7) is 2.99. The third-order valence-electron chi connectivity index (χ3n) is 2.57. The molecular formula is C13H20N2OS. The van der Waals surface area contributed by atoms with Gasteiger partial charge in [-0.25, -0.2) is 0 Å². The summed E-state index contributed by atoms with van der Waals surface area (Å²) in [5, 5.41) is 6.01. The maximum atomic E-state index is 11.5. The van der Waals surface area contributed by atoms with Crippen LogP contribution in [0.1, 0.15) is 22.3 Å². The average molecular weight is 252 g/mol. The highest BCUT2D eigenvalue weighted by Crippen LogP contribution is 2.17. The Bertz CT molecular complexity index is 380. The summed E-state index contributed by atoms with van der Waals surface area (Å²) >= 11 is 1.85. The summed E-state index contributed by atoms with van der Waals surface area (Å²) < 4.78 is 0. The minimum Gasteiger partial charge on any atom is -0.385 e. The molecule has 3 nitrogen and oxygen atoms in total. The molecule has 94 valence electrons. The molecule has 0 saturated carbocycles. The van der Waals surface area contributed by atoms with Crippen molar-refractivity contribution in [1.29, 1.82) is 0 Å². The quantitative estimate of drug-likeness (QED) is 0.764. The molecule has 0 saturated heterocycles. The van der Waals surface area contributed by atoms with Crippen LogP contribution in [0.5, 0.6) is 0 Å². The Kier molecular flexibility index (Phi) is 5.91. The van der Waals surface area contributed by atoms with Crippen LogP contribution in [0.2, 0.25) is 0 Å². The fourth-order valence-corrected chi connectivity index (χ4v) is 1.97. The van der Waals surface area contributed by atoms with Gasteiger partial charge in [0, 0.05) is 24.8 Å². The number of carbonyl (C=O) groups is 1. The van der Waals surface area contributed by atoms with Gasteiger partial charge in [0.05, 0.1) is 0 Å². The minimum absolute atomic E-state index is 0.0443. The van der Waals surface area contributed by atoms with Gasteiger partial charge in [0.25, 0.3) is 5.91 Å². The summed E-state index contributed by atoms with van der Waals surface area (Å²) in [4.78, 5) is 11.5. The molecule has 1 aromatic carbocycles. The molecule has 0 radical (unpaired) electrons. The smallest absolute Gasteiger partial charge is 0.251 e. The number of amides is 1. The van der Waals surface area contributed by atoms with Gasteiger partial charge in [0.1, 0.15) is 0 Å². The second-order valence-electron chi connectivity index (χ2n) is 3.88. The molecule has 0 heterocycles. The molecule has 1 amide bonds. The first-order valence-corrected chi connectivity index (χ1v) is 7.14. The van der Waals surface area contributed by atoms with Crippen molar-refractivity contribution in [1.82, 2.24) is 5.32 Å². The lowest BCUT2D eigenvalue weighted by Crippen LogP contribution is -2.18. The summed E-state index contributed by atoms with van der Waals surface area (Å²) in [6.07, 6.45) is 3.24. The Morgan fingerprint density at radius 1 is 1.41 bits per heavy atom. The van der Waals surface area contributed by atoms with Gasteiger partial charge in [-0.05, 0) is 43.0 Å². The van der Waals surface area contributed by atoms with Crippen LogP contribution in [0.15, 0.2) is 18.2 Å². The van der Waals surface area contributed by atoms with Crippen LogP contribution >= 0.6 is 11.8 Å². The molecule has 1 rings (SSSR count). The highest BCUT2D eigenvalue weighted by molar-refractivity contribution is 7.98. The third kappa shape index (κ3) is 4.30. The second kappa shape index (κ2) is 7.22. The number of carbonyl (C=O) groups excluding carboxylic acids is 1. The van der Waals surface area contributed by atoms with E-state index in [0.29, 0.717) is 5.56 Å². The zero-order valence-electron chi connectivity index (χ0n) is 10.7. The molecule has 0 bridgehead atoms. The summed E-state index contributed by atoms with van der Waals surface area (Å²) in [5.41, 5.74) is 2.92. The zero-order valence-corrected chi connectivity index (χ0v) is 11.5.